The summed E-state index contributed by atoms with van der Waals surface area (Å²) in [6, 6.07) is 11.1. The lowest BCUT2D eigenvalue weighted by atomic mass is 10.1. The van der Waals surface area contributed by atoms with Crippen LogP contribution in [0.1, 0.15) is 25.8 Å². The van der Waals surface area contributed by atoms with Crippen LogP contribution in [0.3, 0.4) is 0 Å². The van der Waals surface area contributed by atoms with Crippen LogP contribution < -0.4 is 0 Å². The Morgan fingerprint density at radius 2 is 2.07 bits per heavy atom. The van der Waals surface area contributed by atoms with Crippen molar-refractivity contribution in [3.63, 3.8) is 0 Å². The molecule has 14 heavy (non-hydrogen) atoms. The maximum Gasteiger partial charge on any atom is 0.0506 e. The van der Waals surface area contributed by atoms with Gasteiger partial charge in [0, 0.05) is 6.61 Å². The van der Waals surface area contributed by atoms with Crippen LogP contribution in [-0.4, -0.2) is 13.2 Å². The molecule has 0 aromatic heterocycles. The molecular formula is C13H19O. The van der Waals surface area contributed by atoms with E-state index in [2.05, 4.69) is 32.0 Å². The SMILES string of the molecule is CC[C@H](C)COCCc1cc[c]cc1. The molecule has 1 aromatic rings. The summed E-state index contributed by atoms with van der Waals surface area (Å²) in [4.78, 5) is 0. The molecule has 0 bridgehead atoms. The smallest absolute Gasteiger partial charge is 0.0506 e. The fourth-order valence-corrected chi connectivity index (χ4v) is 1.18. The van der Waals surface area contributed by atoms with Crippen molar-refractivity contribution in [1.29, 1.82) is 0 Å². The Morgan fingerprint density at radius 1 is 1.36 bits per heavy atom. The van der Waals surface area contributed by atoms with Gasteiger partial charge in [-0.3, -0.25) is 0 Å². The second-order valence-electron chi connectivity index (χ2n) is 3.75. The number of benzene rings is 1. The zero-order valence-corrected chi connectivity index (χ0v) is 9.12. The van der Waals surface area contributed by atoms with Crippen LogP contribution in [0.25, 0.3) is 0 Å². The van der Waals surface area contributed by atoms with Gasteiger partial charge >= 0.3 is 0 Å². The van der Waals surface area contributed by atoms with Crippen LogP contribution >= 0.6 is 0 Å². The first kappa shape index (κ1) is 11.3. The highest BCUT2D eigenvalue weighted by molar-refractivity contribution is 5.13. The van der Waals surface area contributed by atoms with Gasteiger partial charge in [0.05, 0.1) is 6.61 Å². The minimum atomic E-state index is 0.680. The molecule has 0 aliphatic carbocycles. The van der Waals surface area contributed by atoms with Gasteiger partial charge in [-0.2, -0.15) is 0 Å². The summed E-state index contributed by atoms with van der Waals surface area (Å²) < 4.78 is 5.58. The standard InChI is InChI=1S/C13H19O/c1-3-12(2)11-14-10-9-13-7-5-4-6-8-13/h5-8,12H,3,9-11H2,1-2H3/t12-/m0/s1. The molecule has 0 aliphatic rings. The summed E-state index contributed by atoms with van der Waals surface area (Å²) in [7, 11) is 0. The van der Waals surface area contributed by atoms with Gasteiger partial charge in [-0.15, -0.1) is 0 Å². The molecule has 0 aliphatic heterocycles. The molecule has 1 nitrogen and oxygen atoms in total. The van der Waals surface area contributed by atoms with E-state index in [0.29, 0.717) is 5.92 Å². The highest BCUT2D eigenvalue weighted by Gasteiger charge is 1.98. The molecule has 0 saturated heterocycles. The Hall–Kier alpha value is -0.820. The van der Waals surface area contributed by atoms with Crippen molar-refractivity contribution < 1.29 is 4.74 Å². The van der Waals surface area contributed by atoms with Gasteiger partial charge in [-0.25, -0.2) is 0 Å². The first-order valence-corrected chi connectivity index (χ1v) is 5.35. The monoisotopic (exact) mass is 191 g/mol. The van der Waals surface area contributed by atoms with Crippen molar-refractivity contribution in [2.75, 3.05) is 13.2 Å². The molecule has 0 fully saturated rings. The topological polar surface area (TPSA) is 9.23 Å². The lowest BCUT2D eigenvalue weighted by Gasteiger charge is -2.09. The second kappa shape index (κ2) is 6.61. The molecule has 0 saturated carbocycles. The van der Waals surface area contributed by atoms with Crippen molar-refractivity contribution in [2.45, 2.75) is 26.7 Å². The van der Waals surface area contributed by atoms with Gasteiger partial charge in [0.1, 0.15) is 0 Å². The van der Waals surface area contributed by atoms with Crippen LogP contribution in [0.4, 0.5) is 0 Å². The maximum absolute atomic E-state index is 5.58. The van der Waals surface area contributed by atoms with E-state index in [1.54, 1.807) is 0 Å². The maximum atomic E-state index is 5.58. The molecule has 1 atom stereocenters. The van der Waals surface area contributed by atoms with Gasteiger partial charge in [0.25, 0.3) is 0 Å². The van der Waals surface area contributed by atoms with Crippen LogP contribution in [0.15, 0.2) is 24.3 Å². The van der Waals surface area contributed by atoms with E-state index >= 15 is 0 Å². The Kier molecular flexibility index (Phi) is 5.31. The first-order valence-electron chi connectivity index (χ1n) is 5.35. The van der Waals surface area contributed by atoms with Crippen LogP contribution in [-0.2, 0) is 11.2 Å². The highest BCUT2D eigenvalue weighted by Crippen LogP contribution is 2.03. The van der Waals surface area contributed by atoms with Crippen LogP contribution in [0.2, 0.25) is 0 Å². The Bertz CT molecular complexity index is 230. The lowest BCUT2D eigenvalue weighted by molar-refractivity contribution is 0.106. The minimum absolute atomic E-state index is 0.680. The zero-order chi connectivity index (χ0) is 10.2. The minimum Gasteiger partial charge on any atom is -0.381 e. The third-order valence-electron chi connectivity index (χ3n) is 2.42. The highest BCUT2D eigenvalue weighted by atomic mass is 16.5. The van der Waals surface area contributed by atoms with Crippen LogP contribution in [0.5, 0.6) is 0 Å². The van der Waals surface area contributed by atoms with Crippen molar-refractivity contribution >= 4 is 0 Å². The predicted molar refractivity (Wildman–Crippen MR) is 59.3 cm³/mol. The van der Waals surface area contributed by atoms with Gasteiger partial charge in [-0.1, -0.05) is 44.5 Å². The van der Waals surface area contributed by atoms with Gasteiger partial charge in [-0.05, 0) is 24.0 Å². The summed E-state index contributed by atoms with van der Waals surface area (Å²) >= 11 is 0. The number of rotatable bonds is 6. The number of hydrogen-bond donors (Lipinski definition) is 0. The molecule has 0 unspecified atom stereocenters. The van der Waals surface area contributed by atoms with E-state index in [9.17, 15) is 0 Å². The normalized spacial score (nSPS) is 12.7. The van der Waals surface area contributed by atoms with E-state index in [4.69, 9.17) is 4.74 Å². The van der Waals surface area contributed by atoms with Crippen molar-refractivity contribution in [3.05, 3.63) is 35.9 Å². The molecule has 1 aromatic carbocycles. The zero-order valence-electron chi connectivity index (χ0n) is 9.12. The number of hydrogen-bond acceptors (Lipinski definition) is 1. The largest absolute Gasteiger partial charge is 0.381 e. The summed E-state index contributed by atoms with van der Waals surface area (Å²) in [5.74, 6) is 0.680. The molecule has 0 heterocycles. The summed E-state index contributed by atoms with van der Waals surface area (Å²) in [5.41, 5.74) is 1.33. The number of ether oxygens (including phenoxy) is 1. The van der Waals surface area contributed by atoms with Crippen LogP contribution in [0, 0.1) is 12.0 Å². The molecule has 1 radical (unpaired) electrons. The third-order valence-corrected chi connectivity index (χ3v) is 2.42. The molecule has 0 amide bonds. The second-order valence-corrected chi connectivity index (χ2v) is 3.75. The fourth-order valence-electron chi connectivity index (χ4n) is 1.18. The van der Waals surface area contributed by atoms with Gasteiger partial charge in [0.2, 0.25) is 0 Å². The third kappa shape index (κ3) is 4.43. The molecule has 0 spiro atoms. The van der Waals surface area contributed by atoms with Crippen molar-refractivity contribution in [2.24, 2.45) is 5.92 Å². The van der Waals surface area contributed by atoms with E-state index in [1.165, 1.54) is 12.0 Å². The van der Waals surface area contributed by atoms with E-state index in [0.717, 1.165) is 19.6 Å². The van der Waals surface area contributed by atoms with E-state index in [1.807, 2.05) is 12.1 Å². The van der Waals surface area contributed by atoms with Crippen molar-refractivity contribution in [1.82, 2.24) is 0 Å². The summed E-state index contributed by atoms with van der Waals surface area (Å²) in [5, 5.41) is 0. The fraction of sp³-hybridized carbons (Fsp3) is 0.538. The van der Waals surface area contributed by atoms with E-state index in [-0.39, 0.29) is 0 Å². The molecule has 0 N–H and O–H groups in total. The van der Waals surface area contributed by atoms with E-state index < -0.39 is 0 Å². The molecule has 77 valence electrons. The summed E-state index contributed by atoms with van der Waals surface area (Å²) in [6.07, 6.45) is 2.20. The Balaban J connectivity index is 2.10. The molecule has 1 rings (SSSR count). The molecule has 1 heteroatoms. The molecular weight excluding hydrogens is 172 g/mol. The predicted octanol–water partition coefficient (Wildman–Crippen LogP) is 3.09. The Labute approximate surface area is 87.1 Å². The Morgan fingerprint density at radius 3 is 2.71 bits per heavy atom. The van der Waals surface area contributed by atoms with Gasteiger partial charge in [0.15, 0.2) is 0 Å². The van der Waals surface area contributed by atoms with Crippen molar-refractivity contribution in [3.8, 4) is 0 Å². The lowest BCUT2D eigenvalue weighted by Crippen LogP contribution is -2.07. The average Bonchev–Trinajstić information content (AvgIpc) is 2.25. The average molecular weight is 191 g/mol. The van der Waals surface area contributed by atoms with Gasteiger partial charge < -0.3 is 4.74 Å². The quantitative estimate of drug-likeness (QED) is 0.628. The summed E-state index contributed by atoms with van der Waals surface area (Å²) in [6.45, 7) is 6.13. The first-order chi connectivity index (χ1) is 6.83.